The van der Waals surface area contributed by atoms with Crippen molar-refractivity contribution in [2.75, 3.05) is 19.0 Å². The second-order valence-electron chi connectivity index (χ2n) is 4.69. The molecule has 0 saturated carbocycles. The Balaban J connectivity index is 1.89. The average molecular weight is 290 g/mol. The quantitative estimate of drug-likeness (QED) is 0.464. The maximum Gasteiger partial charge on any atom is 0.311 e. The lowest BCUT2D eigenvalue weighted by molar-refractivity contribution is -0.385. The third-order valence-corrected chi connectivity index (χ3v) is 3.26. The molecule has 0 aliphatic rings. The predicted molar refractivity (Wildman–Crippen MR) is 79.8 cm³/mol. The van der Waals surface area contributed by atoms with E-state index in [0.717, 1.165) is 30.8 Å². The van der Waals surface area contributed by atoms with E-state index in [4.69, 9.17) is 4.74 Å². The molecule has 1 aromatic carbocycles. The van der Waals surface area contributed by atoms with Crippen LogP contribution in [-0.2, 0) is 6.42 Å². The molecule has 0 saturated heterocycles. The fraction of sp³-hybridized carbons (Fsp3) is 0.357. The number of ether oxygens (including phenoxy) is 1. The third-order valence-electron chi connectivity index (χ3n) is 3.26. The molecule has 2 aromatic rings. The van der Waals surface area contributed by atoms with Crippen molar-refractivity contribution in [3.8, 4) is 5.75 Å². The third kappa shape index (κ3) is 3.71. The second kappa shape index (κ2) is 6.74. The number of H-pyrrole nitrogens is 1. The van der Waals surface area contributed by atoms with Gasteiger partial charge in [-0.25, -0.2) is 0 Å². The largest absolute Gasteiger partial charge is 0.490 e. The number of aryl methyl sites for hydroxylation is 2. The number of hydrogen-bond donors (Lipinski definition) is 2. The molecule has 2 rings (SSSR count). The summed E-state index contributed by atoms with van der Waals surface area (Å²) < 4.78 is 5.03. The van der Waals surface area contributed by atoms with Crippen molar-refractivity contribution in [3.05, 3.63) is 45.8 Å². The normalized spacial score (nSPS) is 10.4. The van der Waals surface area contributed by atoms with Crippen LogP contribution in [0.15, 0.2) is 24.4 Å². The molecule has 1 heterocycles. The van der Waals surface area contributed by atoms with Crippen LogP contribution < -0.4 is 10.1 Å². The van der Waals surface area contributed by atoms with Gasteiger partial charge in [0.05, 0.1) is 18.2 Å². The predicted octanol–water partition coefficient (Wildman–Crippen LogP) is 2.68. The summed E-state index contributed by atoms with van der Waals surface area (Å²) in [6.45, 7) is 2.77. The lowest BCUT2D eigenvalue weighted by atomic mass is 10.1. The molecule has 0 fully saturated rings. The standard InChI is InChI=1S/C14H18N4O3/c1-10-11(9-16-17-10)4-3-7-15-12-5-6-13(18(19)20)14(8-12)21-2/h5-6,8-9,15H,3-4,7H2,1-2H3,(H,16,17). The highest BCUT2D eigenvalue weighted by Gasteiger charge is 2.14. The van der Waals surface area contributed by atoms with Crippen molar-refractivity contribution < 1.29 is 9.66 Å². The molecular weight excluding hydrogens is 272 g/mol. The summed E-state index contributed by atoms with van der Waals surface area (Å²) in [5.74, 6) is 0.260. The number of nitrogens with zero attached hydrogens (tertiary/aromatic N) is 2. The molecule has 0 bridgehead atoms. The first-order chi connectivity index (χ1) is 10.1. The van der Waals surface area contributed by atoms with Gasteiger partial charge in [-0.15, -0.1) is 0 Å². The Morgan fingerprint density at radius 2 is 2.29 bits per heavy atom. The molecule has 7 heteroatoms. The number of anilines is 1. The average Bonchev–Trinajstić information content (AvgIpc) is 2.88. The van der Waals surface area contributed by atoms with Gasteiger partial charge in [0.15, 0.2) is 5.75 Å². The summed E-state index contributed by atoms with van der Waals surface area (Å²) in [5, 5.41) is 20.9. The summed E-state index contributed by atoms with van der Waals surface area (Å²) in [7, 11) is 1.42. The van der Waals surface area contributed by atoms with Gasteiger partial charge in [0.1, 0.15) is 0 Å². The summed E-state index contributed by atoms with van der Waals surface area (Å²) in [6, 6.07) is 4.77. The molecule has 0 atom stereocenters. The highest BCUT2D eigenvalue weighted by molar-refractivity contribution is 5.57. The van der Waals surface area contributed by atoms with E-state index in [1.54, 1.807) is 12.1 Å². The highest BCUT2D eigenvalue weighted by atomic mass is 16.6. The first-order valence-electron chi connectivity index (χ1n) is 6.67. The maximum atomic E-state index is 10.8. The summed E-state index contributed by atoms with van der Waals surface area (Å²) in [5.41, 5.74) is 3.07. The van der Waals surface area contributed by atoms with Gasteiger partial charge in [-0.05, 0) is 31.4 Å². The van der Waals surface area contributed by atoms with E-state index in [1.807, 2.05) is 13.1 Å². The first kappa shape index (κ1) is 14.8. The lowest BCUT2D eigenvalue weighted by Gasteiger charge is -2.08. The minimum Gasteiger partial charge on any atom is -0.490 e. The second-order valence-corrected chi connectivity index (χ2v) is 4.69. The van der Waals surface area contributed by atoms with E-state index in [-0.39, 0.29) is 11.4 Å². The number of aromatic nitrogens is 2. The van der Waals surface area contributed by atoms with Crippen molar-refractivity contribution in [2.24, 2.45) is 0 Å². The van der Waals surface area contributed by atoms with E-state index < -0.39 is 4.92 Å². The van der Waals surface area contributed by atoms with Crippen LogP contribution in [0.5, 0.6) is 5.75 Å². The zero-order valence-corrected chi connectivity index (χ0v) is 12.0. The van der Waals surface area contributed by atoms with Gasteiger partial charge in [0.2, 0.25) is 0 Å². The van der Waals surface area contributed by atoms with Gasteiger partial charge >= 0.3 is 5.69 Å². The minimum atomic E-state index is -0.454. The molecule has 21 heavy (non-hydrogen) atoms. The fourth-order valence-electron chi connectivity index (χ4n) is 2.08. The zero-order chi connectivity index (χ0) is 15.2. The van der Waals surface area contributed by atoms with Gasteiger partial charge in [-0.2, -0.15) is 5.10 Å². The van der Waals surface area contributed by atoms with Gasteiger partial charge in [-0.3, -0.25) is 15.2 Å². The van der Waals surface area contributed by atoms with E-state index in [0.29, 0.717) is 0 Å². The van der Waals surface area contributed by atoms with Crippen LogP contribution in [0.25, 0.3) is 0 Å². The number of methoxy groups -OCH3 is 1. The number of benzene rings is 1. The first-order valence-corrected chi connectivity index (χ1v) is 6.67. The number of nitrogens with one attached hydrogen (secondary N) is 2. The molecule has 2 N–H and O–H groups in total. The van der Waals surface area contributed by atoms with Gasteiger partial charge in [-0.1, -0.05) is 0 Å². The number of nitro benzene ring substituents is 1. The van der Waals surface area contributed by atoms with Crippen LogP contribution in [0.3, 0.4) is 0 Å². The number of aromatic amines is 1. The molecule has 0 unspecified atom stereocenters. The number of nitro groups is 1. The van der Waals surface area contributed by atoms with Gasteiger partial charge in [0, 0.05) is 30.1 Å². The monoisotopic (exact) mass is 290 g/mol. The molecule has 0 radical (unpaired) electrons. The van der Waals surface area contributed by atoms with Crippen molar-refractivity contribution in [1.29, 1.82) is 0 Å². The SMILES string of the molecule is COc1cc(NCCCc2cn[nH]c2C)ccc1[N+](=O)[O-]. The number of rotatable bonds is 7. The van der Waals surface area contributed by atoms with Gasteiger partial charge in [0.25, 0.3) is 0 Å². The molecular formula is C14H18N4O3. The van der Waals surface area contributed by atoms with Gasteiger partial charge < -0.3 is 10.1 Å². The van der Waals surface area contributed by atoms with Crippen LogP contribution in [-0.4, -0.2) is 28.8 Å². The highest BCUT2D eigenvalue weighted by Crippen LogP contribution is 2.29. The Bertz CT molecular complexity index is 624. The molecule has 0 spiro atoms. The molecule has 7 nitrogen and oxygen atoms in total. The van der Waals surface area contributed by atoms with Crippen LogP contribution in [0.4, 0.5) is 11.4 Å². The Hall–Kier alpha value is -2.57. The fourth-order valence-corrected chi connectivity index (χ4v) is 2.08. The van der Waals surface area contributed by atoms with Crippen LogP contribution in [0, 0.1) is 17.0 Å². The van der Waals surface area contributed by atoms with Crippen molar-refractivity contribution >= 4 is 11.4 Å². The molecule has 0 amide bonds. The van der Waals surface area contributed by atoms with Crippen LogP contribution >= 0.6 is 0 Å². The van der Waals surface area contributed by atoms with E-state index in [2.05, 4.69) is 15.5 Å². The number of hydrogen-bond acceptors (Lipinski definition) is 5. The van der Waals surface area contributed by atoms with E-state index in [9.17, 15) is 10.1 Å². The summed E-state index contributed by atoms with van der Waals surface area (Å²) >= 11 is 0. The molecule has 1 aromatic heterocycles. The van der Waals surface area contributed by atoms with E-state index in [1.165, 1.54) is 18.7 Å². The summed E-state index contributed by atoms with van der Waals surface area (Å²) in [6.07, 6.45) is 3.71. The van der Waals surface area contributed by atoms with Crippen molar-refractivity contribution in [1.82, 2.24) is 10.2 Å². The van der Waals surface area contributed by atoms with Crippen molar-refractivity contribution in [2.45, 2.75) is 19.8 Å². The van der Waals surface area contributed by atoms with Crippen LogP contribution in [0.1, 0.15) is 17.7 Å². The smallest absolute Gasteiger partial charge is 0.311 e. The Morgan fingerprint density at radius 1 is 1.48 bits per heavy atom. The molecule has 112 valence electrons. The van der Waals surface area contributed by atoms with E-state index >= 15 is 0 Å². The molecule has 0 aliphatic heterocycles. The lowest BCUT2D eigenvalue weighted by Crippen LogP contribution is -2.04. The molecule has 0 aliphatic carbocycles. The Labute approximate surface area is 122 Å². The zero-order valence-electron chi connectivity index (χ0n) is 12.0. The summed E-state index contributed by atoms with van der Waals surface area (Å²) in [4.78, 5) is 10.4. The van der Waals surface area contributed by atoms with Crippen LogP contribution in [0.2, 0.25) is 0 Å². The minimum absolute atomic E-state index is 0.0305. The van der Waals surface area contributed by atoms with Crippen molar-refractivity contribution in [3.63, 3.8) is 0 Å². The topological polar surface area (TPSA) is 93.1 Å². The maximum absolute atomic E-state index is 10.8. The Morgan fingerprint density at radius 3 is 2.90 bits per heavy atom. The Kier molecular flexibility index (Phi) is 4.76.